The van der Waals surface area contributed by atoms with Crippen molar-refractivity contribution >= 4 is 28.6 Å². The van der Waals surface area contributed by atoms with Gasteiger partial charge in [-0.3, -0.25) is 4.79 Å². The summed E-state index contributed by atoms with van der Waals surface area (Å²) in [4.78, 5) is 19.1. The van der Waals surface area contributed by atoms with E-state index in [9.17, 15) is 4.79 Å². The lowest BCUT2D eigenvalue weighted by Gasteiger charge is -2.15. The molecule has 2 aromatic rings. The number of nitrogens with zero attached hydrogens (tertiary/aromatic N) is 2. The standard InChI is InChI=1S/C14H18N4OS/c1-9-7-17-13(20-9)8-16-12-6-10(15)4-5-11(12)14(19)18(2)3/h4-7,16H,8,15H2,1-3H3. The predicted molar refractivity (Wildman–Crippen MR) is 83.0 cm³/mol. The Kier molecular flexibility index (Phi) is 4.24. The molecule has 0 aliphatic heterocycles. The van der Waals surface area contributed by atoms with Gasteiger partial charge < -0.3 is 16.0 Å². The molecule has 0 bridgehead atoms. The lowest BCUT2D eigenvalue weighted by atomic mass is 10.1. The molecule has 0 aliphatic carbocycles. The van der Waals surface area contributed by atoms with E-state index in [4.69, 9.17) is 5.73 Å². The van der Waals surface area contributed by atoms with Gasteiger partial charge in [-0.05, 0) is 25.1 Å². The van der Waals surface area contributed by atoms with Crippen molar-refractivity contribution < 1.29 is 4.79 Å². The van der Waals surface area contributed by atoms with E-state index in [1.54, 1.807) is 48.5 Å². The number of aryl methyl sites for hydroxylation is 1. The molecule has 3 N–H and O–H groups in total. The van der Waals surface area contributed by atoms with E-state index in [1.165, 1.54) is 4.88 Å². The van der Waals surface area contributed by atoms with Crippen molar-refractivity contribution in [2.24, 2.45) is 0 Å². The minimum atomic E-state index is -0.0529. The first-order valence-electron chi connectivity index (χ1n) is 6.23. The maximum absolute atomic E-state index is 12.1. The summed E-state index contributed by atoms with van der Waals surface area (Å²) in [5.41, 5.74) is 7.76. The van der Waals surface area contributed by atoms with E-state index in [-0.39, 0.29) is 5.91 Å². The number of nitrogens with one attached hydrogen (secondary N) is 1. The van der Waals surface area contributed by atoms with E-state index in [1.807, 2.05) is 13.1 Å². The molecule has 1 amide bonds. The second-order valence-corrected chi connectivity index (χ2v) is 6.04. The Bertz CT molecular complexity index is 621. The normalized spacial score (nSPS) is 10.3. The second-order valence-electron chi connectivity index (χ2n) is 4.72. The molecule has 0 radical (unpaired) electrons. The number of amides is 1. The topological polar surface area (TPSA) is 71.2 Å². The molecule has 1 heterocycles. The van der Waals surface area contributed by atoms with Gasteiger partial charge in [-0.25, -0.2) is 4.98 Å². The minimum absolute atomic E-state index is 0.0529. The molecule has 106 valence electrons. The zero-order chi connectivity index (χ0) is 14.7. The summed E-state index contributed by atoms with van der Waals surface area (Å²) in [6.45, 7) is 2.60. The molecule has 0 unspecified atom stereocenters. The highest BCUT2D eigenvalue weighted by molar-refractivity contribution is 7.11. The Balaban J connectivity index is 2.21. The van der Waals surface area contributed by atoms with Gasteiger partial charge in [0.25, 0.3) is 5.91 Å². The van der Waals surface area contributed by atoms with Crippen LogP contribution >= 0.6 is 11.3 Å². The van der Waals surface area contributed by atoms with Crippen molar-refractivity contribution in [2.45, 2.75) is 13.5 Å². The van der Waals surface area contributed by atoms with Crippen LogP contribution < -0.4 is 11.1 Å². The summed E-state index contributed by atoms with van der Waals surface area (Å²) >= 11 is 1.63. The van der Waals surface area contributed by atoms with Crippen LogP contribution in [0.2, 0.25) is 0 Å². The number of benzene rings is 1. The van der Waals surface area contributed by atoms with Crippen molar-refractivity contribution in [1.29, 1.82) is 0 Å². The summed E-state index contributed by atoms with van der Waals surface area (Å²) in [6, 6.07) is 5.25. The predicted octanol–water partition coefficient (Wildman–Crippen LogP) is 2.35. The molecular weight excluding hydrogens is 272 g/mol. The summed E-state index contributed by atoms with van der Waals surface area (Å²) in [7, 11) is 3.46. The molecule has 0 spiro atoms. The van der Waals surface area contributed by atoms with Gasteiger partial charge in [-0.15, -0.1) is 11.3 Å². The third-order valence-corrected chi connectivity index (χ3v) is 3.69. The SMILES string of the molecule is Cc1cnc(CNc2cc(N)ccc2C(=O)N(C)C)s1. The third-order valence-electron chi connectivity index (χ3n) is 2.78. The molecule has 6 heteroatoms. The van der Waals surface area contributed by atoms with Crippen LogP contribution in [0, 0.1) is 6.92 Å². The van der Waals surface area contributed by atoms with Crippen molar-refractivity contribution in [1.82, 2.24) is 9.88 Å². The van der Waals surface area contributed by atoms with Gasteiger partial charge in [0.15, 0.2) is 0 Å². The van der Waals surface area contributed by atoms with Gasteiger partial charge in [0.1, 0.15) is 5.01 Å². The van der Waals surface area contributed by atoms with Gasteiger partial charge >= 0.3 is 0 Å². The van der Waals surface area contributed by atoms with E-state index in [2.05, 4.69) is 10.3 Å². The Morgan fingerprint density at radius 3 is 2.80 bits per heavy atom. The fraction of sp³-hybridized carbons (Fsp3) is 0.286. The molecule has 1 aromatic carbocycles. The van der Waals surface area contributed by atoms with Crippen LogP contribution in [-0.4, -0.2) is 29.9 Å². The minimum Gasteiger partial charge on any atom is -0.399 e. The zero-order valence-corrected chi connectivity index (χ0v) is 12.6. The molecule has 20 heavy (non-hydrogen) atoms. The average molecular weight is 290 g/mol. The quantitative estimate of drug-likeness (QED) is 0.848. The number of rotatable bonds is 4. The highest BCUT2D eigenvalue weighted by atomic mass is 32.1. The number of carbonyl (C=O) groups excluding carboxylic acids is 1. The third kappa shape index (κ3) is 3.27. The van der Waals surface area contributed by atoms with Crippen LogP contribution in [0.15, 0.2) is 24.4 Å². The molecule has 1 aromatic heterocycles. The summed E-state index contributed by atoms with van der Waals surface area (Å²) in [6.07, 6.45) is 1.84. The largest absolute Gasteiger partial charge is 0.399 e. The smallest absolute Gasteiger partial charge is 0.255 e. The van der Waals surface area contributed by atoms with E-state index in [0.717, 1.165) is 10.7 Å². The summed E-state index contributed by atoms with van der Waals surface area (Å²) < 4.78 is 0. The molecule has 0 atom stereocenters. The highest BCUT2D eigenvalue weighted by Crippen LogP contribution is 2.22. The number of carbonyl (C=O) groups is 1. The number of hydrogen-bond acceptors (Lipinski definition) is 5. The van der Waals surface area contributed by atoms with Crippen LogP contribution in [0.1, 0.15) is 20.2 Å². The van der Waals surface area contributed by atoms with E-state index >= 15 is 0 Å². The van der Waals surface area contributed by atoms with Crippen molar-refractivity contribution in [3.63, 3.8) is 0 Å². The molecule has 5 nitrogen and oxygen atoms in total. The first-order valence-corrected chi connectivity index (χ1v) is 7.05. The maximum atomic E-state index is 12.1. The molecule has 0 saturated carbocycles. The number of nitrogen functional groups attached to an aromatic ring is 1. The first-order chi connectivity index (χ1) is 9.47. The van der Waals surface area contributed by atoms with Crippen LogP contribution in [0.5, 0.6) is 0 Å². The van der Waals surface area contributed by atoms with Crippen molar-refractivity contribution in [3.8, 4) is 0 Å². The number of thiazole rings is 1. The second kappa shape index (κ2) is 5.92. The Morgan fingerprint density at radius 2 is 2.20 bits per heavy atom. The van der Waals surface area contributed by atoms with Gasteiger partial charge in [-0.1, -0.05) is 0 Å². The highest BCUT2D eigenvalue weighted by Gasteiger charge is 2.13. The van der Waals surface area contributed by atoms with E-state index < -0.39 is 0 Å². The Morgan fingerprint density at radius 1 is 1.45 bits per heavy atom. The Labute approximate surface area is 122 Å². The molecular formula is C14H18N4OS. The fourth-order valence-corrected chi connectivity index (χ4v) is 2.52. The zero-order valence-electron chi connectivity index (χ0n) is 11.8. The van der Waals surface area contributed by atoms with E-state index in [0.29, 0.717) is 17.8 Å². The number of hydrogen-bond donors (Lipinski definition) is 2. The van der Waals surface area contributed by atoms with Gasteiger partial charge in [-0.2, -0.15) is 0 Å². The Hall–Kier alpha value is -2.08. The van der Waals surface area contributed by atoms with Crippen molar-refractivity contribution in [3.05, 3.63) is 39.8 Å². The summed E-state index contributed by atoms with van der Waals surface area (Å²) in [5.74, 6) is -0.0529. The molecule has 0 saturated heterocycles. The molecule has 0 aliphatic rings. The van der Waals surface area contributed by atoms with Gasteiger partial charge in [0.2, 0.25) is 0 Å². The number of anilines is 2. The molecule has 2 rings (SSSR count). The number of aromatic nitrogens is 1. The first kappa shape index (κ1) is 14.3. The monoisotopic (exact) mass is 290 g/mol. The van der Waals surface area contributed by atoms with Crippen LogP contribution in [0.25, 0.3) is 0 Å². The summed E-state index contributed by atoms with van der Waals surface area (Å²) in [5, 5.41) is 4.22. The van der Waals surface area contributed by atoms with Gasteiger partial charge in [0, 0.05) is 36.5 Å². The fourth-order valence-electron chi connectivity index (χ4n) is 1.79. The maximum Gasteiger partial charge on any atom is 0.255 e. The lowest BCUT2D eigenvalue weighted by Crippen LogP contribution is -2.23. The van der Waals surface area contributed by atoms with Gasteiger partial charge in [0.05, 0.1) is 12.1 Å². The van der Waals surface area contributed by atoms with Crippen LogP contribution in [-0.2, 0) is 6.54 Å². The molecule has 0 fully saturated rings. The lowest BCUT2D eigenvalue weighted by molar-refractivity contribution is 0.0828. The van der Waals surface area contributed by atoms with Crippen LogP contribution in [0.4, 0.5) is 11.4 Å². The van der Waals surface area contributed by atoms with Crippen LogP contribution in [0.3, 0.4) is 0 Å². The average Bonchev–Trinajstić information content (AvgIpc) is 2.81. The number of nitrogens with two attached hydrogens (primary N) is 1. The van der Waals surface area contributed by atoms with Crippen molar-refractivity contribution in [2.75, 3.05) is 25.1 Å².